The standard InChI is InChI=1S/C18H36O2/c1-12(2)17(19,13(3)4)10-16(9)11-18(20,14(5)6)15(7)8/h12-15,19-20H,9-11H2,1-8H3. The number of aliphatic hydroxyl groups is 2. The van der Waals surface area contributed by atoms with Crippen LogP contribution in [0, 0.1) is 23.7 Å². The molecule has 0 radical (unpaired) electrons. The molecule has 0 heterocycles. The SMILES string of the molecule is C=C(CC(O)(C(C)C)C(C)C)CC(O)(C(C)C)C(C)C. The molecule has 0 aliphatic rings. The molecule has 2 heteroatoms. The van der Waals surface area contributed by atoms with Crippen LogP contribution in [0.15, 0.2) is 12.2 Å². The fourth-order valence-corrected chi connectivity index (χ4v) is 3.01. The molecule has 0 aromatic rings. The van der Waals surface area contributed by atoms with Crippen LogP contribution in [0.4, 0.5) is 0 Å². The van der Waals surface area contributed by atoms with E-state index in [0.29, 0.717) is 12.8 Å². The molecule has 0 amide bonds. The summed E-state index contributed by atoms with van der Waals surface area (Å²) in [4.78, 5) is 0. The second-order valence-corrected chi connectivity index (χ2v) is 7.70. The normalized spacial score (nSPS) is 13.9. The van der Waals surface area contributed by atoms with Gasteiger partial charge in [-0.15, -0.1) is 0 Å². The molecule has 20 heavy (non-hydrogen) atoms. The van der Waals surface area contributed by atoms with E-state index in [1.165, 1.54) is 0 Å². The molecule has 0 saturated heterocycles. The highest BCUT2D eigenvalue weighted by Gasteiger charge is 2.39. The lowest BCUT2D eigenvalue weighted by molar-refractivity contribution is -0.0625. The largest absolute Gasteiger partial charge is 0.389 e. The summed E-state index contributed by atoms with van der Waals surface area (Å²) in [5, 5.41) is 21.7. The molecule has 120 valence electrons. The molecule has 0 atom stereocenters. The first-order valence-corrected chi connectivity index (χ1v) is 7.99. The van der Waals surface area contributed by atoms with Gasteiger partial charge in [0.05, 0.1) is 11.2 Å². The molecule has 0 bridgehead atoms. The first kappa shape index (κ1) is 19.7. The molecular formula is C18H36O2. The van der Waals surface area contributed by atoms with Crippen molar-refractivity contribution in [3.8, 4) is 0 Å². The van der Waals surface area contributed by atoms with Crippen LogP contribution in [-0.4, -0.2) is 21.4 Å². The van der Waals surface area contributed by atoms with E-state index in [-0.39, 0.29) is 23.7 Å². The van der Waals surface area contributed by atoms with Gasteiger partial charge in [0, 0.05) is 0 Å². The first-order chi connectivity index (χ1) is 8.87. The maximum Gasteiger partial charge on any atom is 0.0730 e. The molecule has 0 aromatic heterocycles. The number of rotatable bonds is 8. The second-order valence-electron chi connectivity index (χ2n) is 7.70. The van der Waals surface area contributed by atoms with Gasteiger partial charge in [-0.1, -0.05) is 67.5 Å². The molecule has 0 aliphatic carbocycles. The summed E-state index contributed by atoms with van der Waals surface area (Å²) in [6.45, 7) is 20.5. The molecule has 0 aliphatic heterocycles. The quantitative estimate of drug-likeness (QED) is 0.648. The average Bonchev–Trinajstić information content (AvgIpc) is 2.27. The third-order valence-corrected chi connectivity index (χ3v) is 5.07. The van der Waals surface area contributed by atoms with Crippen LogP contribution in [0.2, 0.25) is 0 Å². The van der Waals surface area contributed by atoms with Gasteiger partial charge in [-0.3, -0.25) is 0 Å². The Hall–Kier alpha value is -0.340. The zero-order valence-corrected chi connectivity index (χ0v) is 14.8. The van der Waals surface area contributed by atoms with Crippen LogP contribution in [0.5, 0.6) is 0 Å². The molecule has 0 fully saturated rings. The lowest BCUT2D eigenvalue weighted by Crippen LogP contribution is -2.44. The Morgan fingerprint density at radius 1 is 0.700 bits per heavy atom. The monoisotopic (exact) mass is 284 g/mol. The summed E-state index contributed by atoms with van der Waals surface area (Å²) in [5.74, 6) is 0.687. The Bertz CT molecular complexity index is 267. The van der Waals surface area contributed by atoms with Crippen LogP contribution in [-0.2, 0) is 0 Å². The van der Waals surface area contributed by atoms with Gasteiger partial charge in [-0.25, -0.2) is 0 Å². The van der Waals surface area contributed by atoms with Crippen molar-refractivity contribution in [3.63, 3.8) is 0 Å². The van der Waals surface area contributed by atoms with Crippen molar-refractivity contribution in [2.45, 2.75) is 79.4 Å². The molecule has 2 nitrogen and oxygen atoms in total. The van der Waals surface area contributed by atoms with Crippen molar-refractivity contribution in [1.82, 2.24) is 0 Å². The predicted molar refractivity (Wildman–Crippen MR) is 87.6 cm³/mol. The summed E-state index contributed by atoms with van der Waals surface area (Å²) in [7, 11) is 0. The van der Waals surface area contributed by atoms with E-state index < -0.39 is 11.2 Å². The Balaban J connectivity index is 5.02. The van der Waals surface area contributed by atoms with Crippen molar-refractivity contribution in [1.29, 1.82) is 0 Å². The second kappa shape index (κ2) is 7.09. The van der Waals surface area contributed by atoms with E-state index in [0.717, 1.165) is 5.57 Å². The van der Waals surface area contributed by atoms with Crippen molar-refractivity contribution >= 4 is 0 Å². The fourth-order valence-electron chi connectivity index (χ4n) is 3.01. The maximum absolute atomic E-state index is 10.9. The summed E-state index contributed by atoms with van der Waals surface area (Å²) in [6, 6.07) is 0. The third kappa shape index (κ3) is 4.33. The van der Waals surface area contributed by atoms with Crippen molar-refractivity contribution in [2.24, 2.45) is 23.7 Å². The van der Waals surface area contributed by atoms with E-state index in [4.69, 9.17) is 0 Å². The number of hydrogen-bond donors (Lipinski definition) is 2. The lowest BCUT2D eigenvalue weighted by atomic mass is 9.71. The Kier molecular flexibility index (Phi) is 6.96. The molecule has 0 aromatic carbocycles. The Labute approximate surface area is 126 Å². The molecule has 0 spiro atoms. The van der Waals surface area contributed by atoms with Crippen LogP contribution in [0.25, 0.3) is 0 Å². The van der Waals surface area contributed by atoms with Crippen molar-refractivity contribution in [2.75, 3.05) is 0 Å². The van der Waals surface area contributed by atoms with E-state index in [9.17, 15) is 10.2 Å². The highest BCUT2D eigenvalue weighted by atomic mass is 16.3. The molecule has 2 N–H and O–H groups in total. The van der Waals surface area contributed by atoms with E-state index in [1.807, 2.05) is 55.4 Å². The van der Waals surface area contributed by atoms with Gasteiger partial charge in [0.2, 0.25) is 0 Å². The third-order valence-electron chi connectivity index (χ3n) is 5.07. The lowest BCUT2D eigenvalue weighted by Gasteiger charge is -2.41. The zero-order valence-electron chi connectivity index (χ0n) is 14.8. The number of hydrogen-bond acceptors (Lipinski definition) is 2. The van der Waals surface area contributed by atoms with Crippen LogP contribution < -0.4 is 0 Å². The van der Waals surface area contributed by atoms with Gasteiger partial charge in [0.1, 0.15) is 0 Å². The highest BCUT2D eigenvalue weighted by Crippen LogP contribution is 2.38. The molecule has 0 saturated carbocycles. The summed E-state index contributed by atoms with van der Waals surface area (Å²) >= 11 is 0. The van der Waals surface area contributed by atoms with Gasteiger partial charge in [0.25, 0.3) is 0 Å². The topological polar surface area (TPSA) is 40.5 Å². The molecular weight excluding hydrogens is 248 g/mol. The van der Waals surface area contributed by atoms with Gasteiger partial charge in [-0.2, -0.15) is 0 Å². The van der Waals surface area contributed by atoms with E-state index in [1.54, 1.807) is 0 Å². The summed E-state index contributed by atoms with van der Waals surface area (Å²) in [5.41, 5.74) is -0.544. The van der Waals surface area contributed by atoms with Crippen molar-refractivity contribution in [3.05, 3.63) is 12.2 Å². The van der Waals surface area contributed by atoms with E-state index in [2.05, 4.69) is 6.58 Å². The fraction of sp³-hybridized carbons (Fsp3) is 0.889. The minimum Gasteiger partial charge on any atom is -0.389 e. The van der Waals surface area contributed by atoms with Gasteiger partial charge in [0.15, 0.2) is 0 Å². The van der Waals surface area contributed by atoms with Gasteiger partial charge in [-0.05, 0) is 36.5 Å². The summed E-state index contributed by atoms with van der Waals surface area (Å²) in [6.07, 6.45) is 1.12. The Morgan fingerprint density at radius 3 is 1.05 bits per heavy atom. The van der Waals surface area contributed by atoms with Crippen LogP contribution in [0.1, 0.15) is 68.2 Å². The smallest absolute Gasteiger partial charge is 0.0730 e. The molecule has 0 rings (SSSR count). The van der Waals surface area contributed by atoms with E-state index >= 15 is 0 Å². The summed E-state index contributed by atoms with van der Waals surface area (Å²) < 4.78 is 0. The van der Waals surface area contributed by atoms with Crippen LogP contribution in [0.3, 0.4) is 0 Å². The Morgan fingerprint density at radius 2 is 0.900 bits per heavy atom. The first-order valence-electron chi connectivity index (χ1n) is 7.99. The maximum atomic E-state index is 10.9. The van der Waals surface area contributed by atoms with Gasteiger partial charge < -0.3 is 10.2 Å². The minimum atomic E-state index is -0.744. The highest BCUT2D eigenvalue weighted by molar-refractivity contribution is 5.09. The zero-order chi connectivity index (χ0) is 16.3. The van der Waals surface area contributed by atoms with Gasteiger partial charge >= 0.3 is 0 Å². The van der Waals surface area contributed by atoms with Crippen molar-refractivity contribution < 1.29 is 10.2 Å². The minimum absolute atomic E-state index is 0.172. The molecule has 0 unspecified atom stereocenters. The average molecular weight is 284 g/mol. The van der Waals surface area contributed by atoms with Crippen LogP contribution >= 0.6 is 0 Å². The predicted octanol–water partition coefficient (Wildman–Crippen LogP) is 4.41.